The Hall–Kier alpha value is -0.630. The summed E-state index contributed by atoms with van der Waals surface area (Å²) in [6.07, 6.45) is 0.868. The second-order valence-corrected chi connectivity index (χ2v) is 3.50. The van der Waals surface area contributed by atoms with Crippen LogP contribution in [0.5, 0.6) is 0 Å². The van der Waals surface area contributed by atoms with Gasteiger partial charge in [0, 0.05) is 32.6 Å². The van der Waals surface area contributed by atoms with Crippen molar-refractivity contribution in [1.29, 1.82) is 5.26 Å². The Morgan fingerprint density at radius 1 is 1.64 bits per heavy atom. The van der Waals surface area contributed by atoms with Crippen LogP contribution in [0.2, 0.25) is 0 Å². The zero-order valence-electron chi connectivity index (χ0n) is 8.83. The molecular weight excluding hydrogens is 178 g/mol. The number of nitriles is 1. The smallest absolute Gasteiger partial charge is 0.0826 e. The second-order valence-electron chi connectivity index (χ2n) is 3.50. The molecule has 0 aromatic heterocycles. The van der Waals surface area contributed by atoms with Crippen LogP contribution in [0.4, 0.5) is 0 Å². The van der Waals surface area contributed by atoms with Gasteiger partial charge in [0.25, 0.3) is 0 Å². The molecule has 1 N–H and O–H groups in total. The Labute approximate surface area is 85.8 Å². The van der Waals surface area contributed by atoms with Crippen molar-refractivity contribution in [3.8, 4) is 6.07 Å². The molecule has 80 valence electrons. The van der Waals surface area contributed by atoms with E-state index in [1.165, 1.54) is 0 Å². The zero-order chi connectivity index (χ0) is 10.2. The Kier molecular flexibility index (Phi) is 5.53. The molecule has 0 aromatic carbocycles. The van der Waals surface area contributed by atoms with Gasteiger partial charge in [-0.2, -0.15) is 5.26 Å². The first-order valence-electron chi connectivity index (χ1n) is 5.28. The van der Waals surface area contributed by atoms with E-state index in [4.69, 9.17) is 10.00 Å². The van der Waals surface area contributed by atoms with Crippen LogP contribution >= 0.6 is 0 Å². The predicted molar refractivity (Wildman–Crippen MR) is 55.0 cm³/mol. The van der Waals surface area contributed by atoms with E-state index < -0.39 is 0 Å². The highest BCUT2D eigenvalue weighted by Crippen LogP contribution is 2.03. The van der Waals surface area contributed by atoms with Gasteiger partial charge < -0.3 is 10.1 Å². The van der Waals surface area contributed by atoms with Gasteiger partial charge in [0.2, 0.25) is 0 Å². The third-order valence-electron chi connectivity index (χ3n) is 2.46. The van der Waals surface area contributed by atoms with E-state index in [-0.39, 0.29) is 0 Å². The van der Waals surface area contributed by atoms with Crippen LogP contribution in [0.15, 0.2) is 0 Å². The maximum absolute atomic E-state index is 8.35. The van der Waals surface area contributed by atoms with Crippen LogP contribution in [0.3, 0.4) is 0 Å². The van der Waals surface area contributed by atoms with E-state index in [1.807, 2.05) is 0 Å². The molecule has 0 bridgehead atoms. The van der Waals surface area contributed by atoms with Gasteiger partial charge >= 0.3 is 0 Å². The number of ether oxygens (including phenoxy) is 1. The van der Waals surface area contributed by atoms with Crippen LogP contribution in [0, 0.1) is 11.3 Å². The van der Waals surface area contributed by atoms with Crippen molar-refractivity contribution in [2.75, 3.05) is 39.3 Å². The number of hydrogen-bond acceptors (Lipinski definition) is 4. The minimum atomic E-state index is 0.294. The van der Waals surface area contributed by atoms with Crippen molar-refractivity contribution in [2.45, 2.75) is 19.4 Å². The molecule has 1 rings (SSSR count). The lowest BCUT2D eigenvalue weighted by atomic mass is 10.2. The summed E-state index contributed by atoms with van der Waals surface area (Å²) in [6, 6.07) is 2.11. The summed E-state index contributed by atoms with van der Waals surface area (Å²) in [5.74, 6) is 0. The van der Waals surface area contributed by atoms with Gasteiger partial charge in [-0.05, 0) is 6.54 Å². The summed E-state index contributed by atoms with van der Waals surface area (Å²) in [7, 11) is 0. The molecule has 1 unspecified atom stereocenters. The number of nitrogens with one attached hydrogen (secondary N) is 1. The first kappa shape index (κ1) is 11.4. The largest absolute Gasteiger partial charge is 0.374 e. The molecule has 1 heterocycles. The lowest BCUT2D eigenvalue weighted by Crippen LogP contribution is -2.46. The van der Waals surface area contributed by atoms with Gasteiger partial charge in [-0.15, -0.1) is 0 Å². The Bertz CT molecular complexity index is 190. The minimum absolute atomic E-state index is 0.294. The van der Waals surface area contributed by atoms with E-state index in [0.29, 0.717) is 12.5 Å². The average Bonchev–Trinajstić information content (AvgIpc) is 2.25. The number of rotatable bonds is 5. The molecule has 1 fully saturated rings. The van der Waals surface area contributed by atoms with Gasteiger partial charge in [0.05, 0.1) is 18.8 Å². The minimum Gasteiger partial charge on any atom is -0.374 e. The lowest BCUT2D eigenvalue weighted by molar-refractivity contribution is -0.0250. The molecule has 1 saturated heterocycles. The van der Waals surface area contributed by atoms with Crippen LogP contribution in [-0.4, -0.2) is 50.3 Å². The highest BCUT2D eigenvalue weighted by molar-refractivity contribution is 4.75. The van der Waals surface area contributed by atoms with Gasteiger partial charge in [-0.25, -0.2) is 0 Å². The van der Waals surface area contributed by atoms with E-state index in [0.717, 1.165) is 39.3 Å². The first-order valence-corrected chi connectivity index (χ1v) is 5.28. The molecule has 14 heavy (non-hydrogen) atoms. The molecule has 0 radical (unpaired) electrons. The first-order chi connectivity index (χ1) is 6.86. The molecule has 0 aliphatic carbocycles. The van der Waals surface area contributed by atoms with Crippen molar-refractivity contribution in [3.63, 3.8) is 0 Å². The molecule has 1 aliphatic rings. The average molecular weight is 197 g/mol. The summed E-state index contributed by atoms with van der Waals surface area (Å²) in [5.41, 5.74) is 0. The summed E-state index contributed by atoms with van der Waals surface area (Å²) in [6.45, 7) is 7.78. The monoisotopic (exact) mass is 197 g/mol. The van der Waals surface area contributed by atoms with Gasteiger partial charge in [0.1, 0.15) is 0 Å². The molecule has 0 spiro atoms. The molecule has 0 aromatic rings. The Balaban J connectivity index is 2.08. The quantitative estimate of drug-likeness (QED) is 0.640. The molecule has 1 aliphatic heterocycles. The van der Waals surface area contributed by atoms with E-state index >= 15 is 0 Å². The Morgan fingerprint density at radius 2 is 2.50 bits per heavy atom. The van der Waals surface area contributed by atoms with Crippen molar-refractivity contribution < 1.29 is 4.74 Å². The fourth-order valence-corrected chi connectivity index (χ4v) is 1.60. The lowest BCUT2D eigenvalue weighted by Gasteiger charge is -2.32. The molecule has 1 atom stereocenters. The number of nitrogens with zero attached hydrogens (tertiary/aromatic N) is 2. The van der Waals surface area contributed by atoms with Gasteiger partial charge in [-0.1, -0.05) is 6.92 Å². The summed E-state index contributed by atoms with van der Waals surface area (Å²) in [5, 5.41) is 11.6. The van der Waals surface area contributed by atoms with E-state index in [1.54, 1.807) is 0 Å². The van der Waals surface area contributed by atoms with Gasteiger partial charge in [-0.3, -0.25) is 4.90 Å². The van der Waals surface area contributed by atoms with E-state index in [2.05, 4.69) is 23.2 Å². The van der Waals surface area contributed by atoms with Crippen molar-refractivity contribution in [1.82, 2.24) is 10.2 Å². The Morgan fingerprint density at radius 3 is 3.21 bits per heavy atom. The molecule has 4 nitrogen and oxygen atoms in total. The maximum Gasteiger partial charge on any atom is 0.0826 e. The fourth-order valence-electron chi connectivity index (χ4n) is 1.60. The highest BCUT2D eigenvalue weighted by Gasteiger charge is 2.18. The molecule has 4 heteroatoms. The van der Waals surface area contributed by atoms with Crippen LogP contribution < -0.4 is 5.32 Å². The summed E-state index contributed by atoms with van der Waals surface area (Å²) in [4.78, 5) is 2.39. The molecule has 0 amide bonds. The van der Waals surface area contributed by atoms with Crippen molar-refractivity contribution >= 4 is 0 Å². The van der Waals surface area contributed by atoms with Crippen LogP contribution in [-0.2, 0) is 4.74 Å². The molecule has 0 saturated carbocycles. The molecular formula is C10H19N3O. The van der Waals surface area contributed by atoms with E-state index in [9.17, 15) is 0 Å². The van der Waals surface area contributed by atoms with Crippen molar-refractivity contribution in [3.05, 3.63) is 0 Å². The number of morpholine rings is 1. The third-order valence-corrected chi connectivity index (χ3v) is 2.46. The third kappa shape index (κ3) is 4.05. The predicted octanol–water partition coefficient (Wildman–Crippen LogP) is 0.210. The number of likely N-dealkylation sites (N-methyl/N-ethyl adjacent to an activating group) is 1. The highest BCUT2D eigenvalue weighted by atomic mass is 16.5. The second kappa shape index (κ2) is 6.77. The standard InChI is InChI=1S/C10H19N3O/c1-2-13-6-7-14-10(9-13)8-12-5-3-4-11/h10,12H,2-3,5-9H2,1H3. The fraction of sp³-hybridized carbons (Fsp3) is 0.900. The van der Waals surface area contributed by atoms with Crippen molar-refractivity contribution in [2.24, 2.45) is 0 Å². The van der Waals surface area contributed by atoms with Crippen LogP contribution in [0.25, 0.3) is 0 Å². The zero-order valence-corrected chi connectivity index (χ0v) is 8.83. The SMILES string of the molecule is CCN1CCOC(CNCCC#N)C1. The topological polar surface area (TPSA) is 48.3 Å². The number of hydrogen-bond donors (Lipinski definition) is 1. The van der Waals surface area contributed by atoms with Gasteiger partial charge in [0.15, 0.2) is 0 Å². The van der Waals surface area contributed by atoms with Crippen LogP contribution in [0.1, 0.15) is 13.3 Å². The maximum atomic E-state index is 8.35. The normalized spacial score (nSPS) is 23.3. The summed E-state index contributed by atoms with van der Waals surface area (Å²) < 4.78 is 5.60. The summed E-state index contributed by atoms with van der Waals surface area (Å²) >= 11 is 0.